The van der Waals surface area contributed by atoms with Crippen LogP contribution in [-0.2, 0) is 10.2 Å². The van der Waals surface area contributed by atoms with Gasteiger partial charge in [0, 0.05) is 6.54 Å². The lowest BCUT2D eigenvalue weighted by atomic mass is 9.64. The Morgan fingerprint density at radius 2 is 1.95 bits per heavy atom. The van der Waals surface area contributed by atoms with Gasteiger partial charge in [0.15, 0.2) is 0 Å². The van der Waals surface area contributed by atoms with Gasteiger partial charge in [0.05, 0.1) is 5.41 Å². The van der Waals surface area contributed by atoms with Crippen LogP contribution in [-0.4, -0.2) is 12.5 Å². The standard InChI is InChI=1S/C16H22FNO/c1-2-3-4-12-18-15(19)16(10-5-11-16)13-6-8-14(17)9-7-13/h6-9H,2-5,10-12H2,1H3,(H,18,19). The summed E-state index contributed by atoms with van der Waals surface area (Å²) in [6.45, 7) is 2.89. The molecule has 0 radical (unpaired) electrons. The van der Waals surface area contributed by atoms with Crippen molar-refractivity contribution in [1.29, 1.82) is 0 Å². The van der Waals surface area contributed by atoms with E-state index >= 15 is 0 Å². The molecule has 0 bridgehead atoms. The van der Waals surface area contributed by atoms with Crippen LogP contribution in [0.5, 0.6) is 0 Å². The summed E-state index contributed by atoms with van der Waals surface area (Å²) in [6.07, 6.45) is 6.14. The van der Waals surface area contributed by atoms with E-state index in [-0.39, 0.29) is 11.7 Å². The zero-order valence-electron chi connectivity index (χ0n) is 11.5. The zero-order chi connectivity index (χ0) is 13.7. The minimum Gasteiger partial charge on any atom is -0.355 e. The minimum absolute atomic E-state index is 0.112. The number of hydrogen-bond acceptors (Lipinski definition) is 1. The molecular weight excluding hydrogens is 241 g/mol. The molecule has 0 spiro atoms. The van der Waals surface area contributed by atoms with Crippen LogP contribution < -0.4 is 5.32 Å². The normalized spacial score (nSPS) is 16.7. The van der Waals surface area contributed by atoms with Gasteiger partial charge in [-0.05, 0) is 37.0 Å². The van der Waals surface area contributed by atoms with Crippen LogP contribution in [0.25, 0.3) is 0 Å². The second kappa shape index (κ2) is 6.18. The first kappa shape index (κ1) is 14.0. The Kier molecular flexibility index (Phi) is 4.56. The topological polar surface area (TPSA) is 29.1 Å². The van der Waals surface area contributed by atoms with Crippen molar-refractivity contribution < 1.29 is 9.18 Å². The first-order valence-electron chi connectivity index (χ1n) is 7.23. The molecule has 1 amide bonds. The number of benzene rings is 1. The van der Waals surface area contributed by atoms with Gasteiger partial charge in [-0.2, -0.15) is 0 Å². The zero-order valence-corrected chi connectivity index (χ0v) is 11.5. The summed E-state index contributed by atoms with van der Waals surface area (Å²) in [5, 5.41) is 3.04. The molecule has 0 saturated heterocycles. The van der Waals surface area contributed by atoms with Gasteiger partial charge in [-0.15, -0.1) is 0 Å². The summed E-state index contributed by atoms with van der Waals surface area (Å²) in [5.41, 5.74) is 0.549. The number of unbranched alkanes of at least 4 members (excludes halogenated alkanes) is 2. The third kappa shape index (κ3) is 2.96. The van der Waals surface area contributed by atoms with Crippen molar-refractivity contribution in [2.24, 2.45) is 0 Å². The molecule has 0 aliphatic heterocycles. The van der Waals surface area contributed by atoms with E-state index in [1.54, 1.807) is 12.1 Å². The van der Waals surface area contributed by atoms with E-state index in [0.29, 0.717) is 0 Å². The van der Waals surface area contributed by atoms with E-state index in [4.69, 9.17) is 0 Å². The lowest BCUT2D eigenvalue weighted by Gasteiger charge is -2.40. The molecule has 1 aromatic rings. The summed E-state index contributed by atoms with van der Waals surface area (Å²) in [5.74, 6) is -0.136. The predicted molar refractivity (Wildman–Crippen MR) is 74.5 cm³/mol. The average molecular weight is 263 g/mol. The van der Waals surface area contributed by atoms with Crippen molar-refractivity contribution in [2.75, 3.05) is 6.54 Å². The van der Waals surface area contributed by atoms with Gasteiger partial charge < -0.3 is 5.32 Å². The van der Waals surface area contributed by atoms with Gasteiger partial charge in [0.1, 0.15) is 5.82 Å². The van der Waals surface area contributed by atoms with Gasteiger partial charge in [0.2, 0.25) is 5.91 Å². The van der Waals surface area contributed by atoms with E-state index in [0.717, 1.165) is 50.6 Å². The first-order valence-corrected chi connectivity index (χ1v) is 7.23. The van der Waals surface area contributed by atoms with E-state index in [1.165, 1.54) is 12.1 Å². The molecule has 19 heavy (non-hydrogen) atoms. The van der Waals surface area contributed by atoms with Crippen molar-refractivity contribution in [3.63, 3.8) is 0 Å². The predicted octanol–water partition coefficient (Wildman–Crippen LogP) is 3.55. The molecule has 2 rings (SSSR count). The maximum atomic E-state index is 13.0. The Morgan fingerprint density at radius 3 is 2.47 bits per heavy atom. The SMILES string of the molecule is CCCCCNC(=O)C1(c2ccc(F)cc2)CCC1. The van der Waals surface area contributed by atoms with Gasteiger partial charge in [0.25, 0.3) is 0 Å². The van der Waals surface area contributed by atoms with E-state index < -0.39 is 5.41 Å². The number of amides is 1. The number of halogens is 1. The van der Waals surface area contributed by atoms with Crippen molar-refractivity contribution in [3.8, 4) is 0 Å². The Hall–Kier alpha value is -1.38. The molecule has 1 aromatic carbocycles. The number of hydrogen-bond donors (Lipinski definition) is 1. The quantitative estimate of drug-likeness (QED) is 0.781. The molecule has 1 aliphatic carbocycles. The largest absolute Gasteiger partial charge is 0.355 e. The highest BCUT2D eigenvalue weighted by Crippen LogP contribution is 2.43. The molecule has 1 N–H and O–H groups in total. The highest BCUT2D eigenvalue weighted by Gasteiger charge is 2.45. The molecule has 0 unspecified atom stereocenters. The molecular formula is C16H22FNO. The van der Waals surface area contributed by atoms with Crippen LogP contribution in [0.3, 0.4) is 0 Å². The summed E-state index contributed by atoms with van der Waals surface area (Å²) >= 11 is 0. The fourth-order valence-electron chi connectivity index (χ4n) is 2.69. The Balaban J connectivity index is 2.01. The highest BCUT2D eigenvalue weighted by molar-refractivity contribution is 5.89. The summed E-state index contributed by atoms with van der Waals surface area (Å²) < 4.78 is 13.0. The number of rotatable bonds is 6. The number of carbonyl (C=O) groups excluding carboxylic acids is 1. The minimum atomic E-state index is -0.403. The van der Waals surface area contributed by atoms with Gasteiger partial charge in [-0.3, -0.25) is 4.79 Å². The van der Waals surface area contributed by atoms with Gasteiger partial charge in [-0.25, -0.2) is 4.39 Å². The van der Waals surface area contributed by atoms with Crippen LogP contribution in [0.1, 0.15) is 51.0 Å². The molecule has 0 heterocycles. The highest BCUT2D eigenvalue weighted by atomic mass is 19.1. The molecule has 1 fully saturated rings. The second-order valence-corrected chi connectivity index (χ2v) is 5.41. The van der Waals surface area contributed by atoms with E-state index in [2.05, 4.69) is 12.2 Å². The smallest absolute Gasteiger partial charge is 0.230 e. The molecule has 0 aromatic heterocycles. The van der Waals surface area contributed by atoms with Gasteiger partial charge in [-0.1, -0.05) is 38.3 Å². The fourth-order valence-corrected chi connectivity index (χ4v) is 2.69. The van der Waals surface area contributed by atoms with Crippen LogP contribution in [0.4, 0.5) is 4.39 Å². The number of nitrogens with one attached hydrogen (secondary N) is 1. The summed E-state index contributed by atoms with van der Waals surface area (Å²) in [4.78, 5) is 12.4. The first-order chi connectivity index (χ1) is 9.19. The van der Waals surface area contributed by atoms with E-state index in [9.17, 15) is 9.18 Å². The van der Waals surface area contributed by atoms with Crippen LogP contribution in [0, 0.1) is 5.82 Å². The summed E-state index contributed by atoms with van der Waals surface area (Å²) in [6, 6.07) is 6.39. The monoisotopic (exact) mass is 263 g/mol. The molecule has 104 valence electrons. The van der Waals surface area contributed by atoms with Gasteiger partial charge >= 0.3 is 0 Å². The van der Waals surface area contributed by atoms with Crippen LogP contribution >= 0.6 is 0 Å². The van der Waals surface area contributed by atoms with Crippen molar-refractivity contribution >= 4 is 5.91 Å². The second-order valence-electron chi connectivity index (χ2n) is 5.41. The van der Waals surface area contributed by atoms with Crippen molar-refractivity contribution in [2.45, 2.75) is 50.9 Å². The third-order valence-electron chi connectivity index (χ3n) is 4.10. The number of carbonyl (C=O) groups is 1. The van der Waals surface area contributed by atoms with Crippen LogP contribution in [0.2, 0.25) is 0 Å². The summed E-state index contributed by atoms with van der Waals surface area (Å²) in [7, 11) is 0. The van der Waals surface area contributed by atoms with E-state index in [1.807, 2.05) is 0 Å². The lowest BCUT2D eigenvalue weighted by Crippen LogP contribution is -2.49. The van der Waals surface area contributed by atoms with Crippen LogP contribution in [0.15, 0.2) is 24.3 Å². The molecule has 3 heteroatoms. The Labute approximate surface area is 114 Å². The third-order valence-corrected chi connectivity index (χ3v) is 4.10. The maximum Gasteiger partial charge on any atom is 0.230 e. The van der Waals surface area contributed by atoms with Crippen molar-refractivity contribution in [1.82, 2.24) is 5.32 Å². The Bertz CT molecular complexity index is 423. The molecule has 2 nitrogen and oxygen atoms in total. The maximum absolute atomic E-state index is 13.0. The van der Waals surface area contributed by atoms with Crippen molar-refractivity contribution in [3.05, 3.63) is 35.6 Å². The lowest BCUT2D eigenvalue weighted by molar-refractivity contribution is -0.129. The molecule has 1 aliphatic rings. The average Bonchev–Trinajstić information content (AvgIpc) is 2.36. The molecule has 1 saturated carbocycles. The molecule has 0 atom stereocenters. The Morgan fingerprint density at radius 1 is 1.26 bits per heavy atom. The fraction of sp³-hybridized carbons (Fsp3) is 0.562.